The number of rotatable bonds is 7. The van der Waals surface area contributed by atoms with Gasteiger partial charge in [0, 0.05) is 10.0 Å². The number of aromatic amines is 1. The van der Waals surface area contributed by atoms with Crippen LogP contribution in [0.5, 0.6) is 5.75 Å². The molecule has 1 aromatic carbocycles. The van der Waals surface area contributed by atoms with Crippen LogP contribution in [-0.4, -0.2) is 72.6 Å². The van der Waals surface area contributed by atoms with E-state index in [4.69, 9.17) is 15.2 Å². The van der Waals surface area contributed by atoms with E-state index in [1.165, 1.54) is 10.8 Å². The fourth-order valence-corrected chi connectivity index (χ4v) is 3.86. The number of fused-ring (bicyclic) bond motifs is 1. The molecular formula is C19H22BrN7O6. The second kappa shape index (κ2) is 9.44. The van der Waals surface area contributed by atoms with E-state index in [1.54, 1.807) is 12.1 Å². The molecule has 2 aromatic heterocycles. The van der Waals surface area contributed by atoms with E-state index in [1.807, 2.05) is 13.0 Å². The van der Waals surface area contributed by atoms with Crippen LogP contribution < -0.4 is 21.5 Å². The fraction of sp³-hybridized carbons (Fsp3) is 0.368. The number of H-pyrrole nitrogens is 1. The van der Waals surface area contributed by atoms with Crippen molar-refractivity contribution >= 4 is 45.2 Å². The van der Waals surface area contributed by atoms with E-state index in [9.17, 15) is 20.1 Å². The molecule has 7 N–H and O–H groups in total. The van der Waals surface area contributed by atoms with Gasteiger partial charge >= 0.3 is 0 Å². The normalized spacial score (nSPS) is 22.9. The van der Waals surface area contributed by atoms with Gasteiger partial charge in [-0.2, -0.15) is 10.1 Å². The lowest BCUT2D eigenvalue weighted by Crippen LogP contribution is -2.33. The van der Waals surface area contributed by atoms with Crippen LogP contribution in [0.3, 0.4) is 0 Å². The van der Waals surface area contributed by atoms with Gasteiger partial charge in [0.05, 0.1) is 19.4 Å². The highest BCUT2D eigenvalue weighted by molar-refractivity contribution is 9.10. The first kappa shape index (κ1) is 23.1. The Kier molecular flexibility index (Phi) is 6.62. The Morgan fingerprint density at radius 1 is 1.39 bits per heavy atom. The van der Waals surface area contributed by atoms with Gasteiger partial charge in [0.2, 0.25) is 11.9 Å². The summed E-state index contributed by atoms with van der Waals surface area (Å²) in [6.07, 6.45) is -3.60. The molecule has 0 amide bonds. The summed E-state index contributed by atoms with van der Waals surface area (Å²) in [5.41, 5.74) is 8.36. The highest BCUT2D eigenvalue weighted by Crippen LogP contribution is 2.34. The molecule has 13 nitrogen and oxygen atoms in total. The number of hydrogen-bond acceptors (Lipinski definition) is 11. The molecule has 0 saturated carbocycles. The number of anilines is 2. The van der Waals surface area contributed by atoms with Crippen molar-refractivity contribution in [3.05, 3.63) is 38.6 Å². The first-order valence-corrected chi connectivity index (χ1v) is 10.7. The standard InChI is InChI=1S/C19H22BrN7O6/c1-2-32-10-4-3-9(20)5-8(10)6-22-26-19-23-12-15(24-18(21)25-16(12)31)27(19)17-14(30)13(29)11(7-28)33-17/h3-6,11,13-14,17,28-30H,2,7H2,1H3,(H,23,26)(H3,21,24,25,31). The Hall–Kier alpha value is -3.04. The summed E-state index contributed by atoms with van der Waals surface area (Å²) in [5, 5.41) is 34.3. The number of hydrogen-bond donors (Lipinski definition) is 6. The Balaban J connectivity index is 1.75. The van der Waals surface area contributed by atoms with E-state index in [-0.39, 0.29) is 23.1 Å². The lowest BCUT2D eigenvalue weighted by Gasteiger charge is -2.18. The zero-order valence-corrected chi connectivity index (χ0v) is 18.9. The summed E-state index contributed by atoms with van der Waals surface area (Å²) in [4.78, 5) is 23.0. The number of nitrogens with one attached hydrogen (secondary N) is 2. The molecule has 0 spiro atoms. The molecule has 4 rings (SSSR count). The Bertz CT molecular complexity index is 1250. The molecule has 1 aliphatic rings. The first-order chi connectivity index (χ1) is 15.8. The SMILES string of the molecule is CCOc1ccc(Br)cc1C=NNc1nc2c(=O)[nH]c(N)nc2n1C1OC(CO)C(O)C1O. The average molecular weight is 524 g/mol. The largest absolute Gasteiger partial charge is 0.493 e. The maximum absolute atomic E-state index is 12.4. The molecule has 0 radical (unpaired) electrons. The quantitative estimate of drug-likeness (QED) is 0.180. The topological polar surface area (TPSA) is 193 Å². The summed E-state index contributed by atoms with van der Waals surface area (Å²) in [7, 11) is 0. The maximum atomic E-state index is 12.4. The van der Waals surface area contributed by atoms with E-state index in [2.05, 4.69) is 41.4 Å². The number of aliphatic hydroxyl groups is 3. The van der Waals surface area contributed by atoms with Gasteiger partial charge in [-0.25, -0.2) is 10.4 Å². The molecule has 3 heterocycles. The third-order valence-electron chi connectivity index (χ3n) is 4.98. The Morgan fingerprint density at radius 2 is 2.18 bits per heavy atom. The molecule has 33 heavy (non-hydrogen) atoms. The highest BCUT2D eigenvalue weighted by Gasteiger charge is 2.45. The third kappa shape index (κ3) is 4.43. The van der Waals surface area contributed by atoms with Gasteiger partial charge in [0.1, 0.15) is 24.1 Å². The summed E-state index contributed by atoms with van der Waals surface area (Å²) in [5.74, 6) is 0.424. The van der Waals surface area contributed by atoms with Crippen LogP contribution in [-0.2, 0) is 4.74 Å². The number of ether oxygens (including phenoxy) is 2. The second-order valence-corrected chi connectivity index (χ2v) is 8.06. The van der Waals surface area contributed by atoms with Crippen LogP contribution >= 0.6 is 15.9 Å². The number of nitrogens with two attached hydrogens (primary N) is 1. The molecule has 14 heteroatoms. The van der Waals surface area contributed by atoms with E-state index in [0.29, 0.717) is 17.9 Å². The number of aliphatic hydroxyl groups excluding tert-OH is 3. The molecule has 1 fully saturated rings. The molecular weight excluding hydrogens is 502 g/mol. The lowest BCUT2D eigenvalue weighted by molar-refractivity contribution is -0.0501. The molecule has 4 unspecified atom stereocenters. The molecule has 176 valence electrons. The minimum atomic E-state index is -1.44. The molecule has 1 saturated heterocycles. The molecule has 3 aromatic rings. The number of imidazole rings is 1. The average Bonchev–Trinajstić information content (AvgIpc) is 3.27. The number of nitrogens with zero attached hydrogens (tertiary/aromatic N) is 4. The minimum Gasteiger partial charge on any atom is -0.493 e. The molecule has 1 aliphatic heterocycles. The van der Waals surface area contributed by atoms with Crippen molar-refractivity contribution in [3.8, 4) is 5.75 Å². The van der Waals surface area contributed by atoms with Gasteiger partial charge in [0.25, 0.3) is 5.56 Å². The first-order valence-electron chi connectivity index (χ1n) is 9.95. The number of nitrogen functional groups attached to an aromatic ring is 1. The van der Waals surface area contributed by atoms with Gasteiger partial charge in [-0.15, -0.1) is 0 Å². The molecule has 4 atom stereocenters. The summed E-state index contributed by atoms with van der Waals surface area (Å²) < 4.78 is 13.3. The van der Waals surface area contributed by atoms with Crippen molar-refractivity contribution in [2.75, 3.05) is 24.4 Å². The monoisotopic (exact) mass is 523 g/mol. The van der Waals surface area contributed by atoms with Crippen molar-refractivity contribution in [1.82, 2.24) is 19.5 Å². The van der Waals surface area contributed by atoms with Crippen molar-refractivity contribution in [1.29, 1.82) is 0 Å². The predicted octanol–water partition coefficient (Wildman–Crippen LogP) is -0.0795. The van der Waals surface area contributed by atoms with Crippen LogP contribution in [0.15, 0.2) is 32.6 Å². The predicted molar refractivity (Wildman–Crippen MR) is 122 cm³/mol. The van der Waals surface area contributed by atoms with Gasteiger partial charge in [-0.3, -0.25) is 14.3 Å². The van der Waals surface area contributed by atoms with Crippen LogP contribution in [0, 0.1) is 0 Å². The second-order valence-electron chi connectivity index (χ2n) is 7.14. The molecule has 0 aliphatic carbocycles. The zero-order valence-electron chi connectivity index (χ0n) is 17.3. The number of aromatic nitrogens is 4. The van der Waals surface area contributed by atoms with Crippen LogP contribution in [0.2, 0.25) is 0 Å². The third-order valence-corrected chi connectivity index (χ3v) is 5.47. The smallest absolute Gasteiger partial charge is 0.280 e. The highest BCUT2D eigenvalue weighted by atomic mass is 79.9. The molecule has 0 bridgehead atoms. The van der Waals surface area contributed by atoms with Crippen molar-refractivity contribution in [2.24, 2.45) is 5.10 Å². The maximum Gasteiger partial charge on any atom is 0.280 e. The number of benzene rings is 1. The van der Waals surface area contributed by atoms with Gasteiger partial charge < -0.3 is 30.5 Å². The van der Waals surface area contributed by atoms with E-state index < -0.39 is 36.7 Å². The Labute approximate surface area is 195 Å². The summed E-state index contributed by atoms with van der Waals surface area (Å²) in [6.45, 7) is 1.80. The van der Waals surface area contributed by atoms with Crippen molar-refractivity contribution in [3.63, 3.8) is 0 Å². The fourth-order valence-electron chi connectivity index (χ4n) is 3.48. The van der Waals surface area contributed by atoms with Crippen molar-refractivity contribution in [2.45, 2.75) is 31.5 Å². The zero-order chi connectivity index (χ0) is 23.7. The van der Waals surface area contributed by atoms with E-state index >= 15 is 0 Å². The minimum absolute atomic E-state index is 0.00116. The Morgan fingerprint density at radius 3 is 2.88 bits per heavy atom. The van der Waals surface area contributed by atoms with Crippen molar-refractivity contribution < 1.29 is 24.8 Å². The van der Waals surface area contributed by atoms with Crippen LogP contribution in [0.1, 0.15) is 18.7 Å². The van der Waals surface area contributed by atoms with Crippen LogP contribution in [0.25, 0.3) is 11.2 Å². The van der Waals surface area contributed by atoms with Gasteiger partial charge in [-0.05, 0) is 25.1 Å². The summed E-state index contributed by atoms with van der Waals surface area (Å²) >= 11 is 3.40. The lowest BCUT2D eigenvalue weighted by atomic mass is 10.1. The summed E-state index contributed by atoms with van der Waals surface area (Å²) in [6, 6.07) is 5.42. The van der Waals surface area contributed by atoms with Crippen LogP contribution in [0.4, 0.5) is 11.9 Å². The van der Waals surface area contributed by atoms with E-state index in [0.717, 1.165) is 4.47 Å². The number of halogens is 1. The number of hydrazone groups is 1. The van der Waals surface area contributed by atoms with Gasteiger partial charge in [0.15, 0.2) is 17.4 Å². The van der Waals surface area contributed by atoms with Gasteiger partial charge in [-0.1, -0.05) is 15.9 Å².